The average molecular weight is 429 g/mol. The number of carbonyl (C=O) groups excluding carboxylic acids is 3. The van der Waals surface area contributed by atoms with E-state index >= 15 is 0 Å². The number of carbonyl (C=O) groups is 3. The Bertz CT molecular complexity index is 691. The average Bonchev–Trinajstić information content (AvgIpc) is 2.67. The van der Waals surface area contributed by atoms with Crippen LogP contribution in [0.1, 0.15) is 63.0 Å². The summed E-state index contributed by atoms with van der Waals surface area (Å²) in [5, 5.41) is 5.07. The van der Waals surface area contributed by atoms with Crippen molar-refractivity contribution >= 4 is 17.7 Å². The van der Waals surface area contributed by atoms with Crippen LogP contribution < -0.4 is 16.4 Å². The van der Waals surface area contributed by atoms with Crippen molar-refractivity contribution in [1.82, 2.24) is 10.6 Å². The lowest BCUT2D eigenvalue weighted by atomic mass is 10.1. The Morgan fingerprint density at radius 2 is 1.63 bits per heavy atom. The second kappa shape index (κ2) is 12.9. The van der Waals surface area contributed by atoms with Gasteiger partial charge >= 0.3 is 6.18 Å². The summed E-state index contributed by atoms with van der Waals surface area (Å²) >= 11 is 0. The second-order valence-corrected chi connectivity index (χ2v) is 7.19. The summed E-state index contributed by atoms with van der Waals surface area (Å²) in [6, 6.07) is 3.57. The Morgan fingerprint density at radius 3 is 2.20 bits per heavy atom. The van der Waals surface area contributed by atoms with E-state index in [1.165, 1.54) is 12.1 Å². The quantitative estimate of drug-likeness (QED) is 0.420. The molecular formula is C21H30F3N3O3. The second-order valence-electron chi connectivity index (χ2n) is 7.19. The topological polar surface area (TPSA) is 101 Å². The third-order valence-electron chi connectivity index (χ3n) is 4.59. The molecule has 6 nitrogen and oxygen atoms in total. The Kier molecular flexibility index (Phi) is 10.9. The van der Waals surface area contributed by atoms with E-state index in [2.05, 4.69) is 17.6 Å². The molecule has 1 rings (SSSR count). The number of nitrogens with two attached hydrogens (primary N) is 1. The summed E-state index contributed by atoms with van der Waals surface area (Å²) in [6.07, 6.45) is 0.800. The fourth-order valence-electron chi connectivity index (χ4n) is 2.84. The number of hydrogen-bond acceptors (Lipinski definition) is 3. The van der Waals surface area contributed by atoms with Crippen molar-refractivity contribution in [3.63, 3.8) is 0 Å². The number of hydrogen-bond donors (Lipinski definition) is 3. The summed E-state index contributed by atoms with van der Waals surface area (Å²) in [6.45, 7) is 2.28. The monoisotopic (exact) mass is 429 g/mol. The number of rotatable bonds is 13. The van der Waals surface area contributed by atoms with Crippen LogP contribution in [0.5, 0.6) is 0 Å². The van der Waals surface area contributed by atoms with Crippen LogP contribution >= 0.6 is 0 Å². The molecule has 0 aliphatic heterocycles. The van der Waals surface area contributed by atoms with Gasteiger partial charge in [0.1, 0.15) is 6.04 Å². The van der Waals surface area contributed by atoms with Gasteiger partial charge in [-0.05, 0) is 30.5 Å². The number of unbranched alkanes of at least 4 members (excludes halogenated alkanes) is 4. The maximum Gasteiger partial charge on any atom is 0.416 e. The van der Waals surface area contributed by atoms with Crippen LogP contribution in [0.2, 0.25) is 0 Å². The molecule has 0 aromatic heterocycles. The number of halogens is 3. The van der Waals surface area contributed by atoms with E-state index < -0.39 is 29.6 Å². The van der Waals surface area contributed by atoms with Crippen molar-refractivity contribution in [3.8, 4) is 0 Å². The van der Waals surface area contributed by atoms with Crippen molar-refractivity contribution in [2.24, 2.45) is 5.73 Å². The molecule has 0 saturated carbocycles. The summed E-state index contributed by atoms with van der Waals surface area (Å²) in [5.41, 5.74) is 5.17. The minimum Gasteiger partial charge on any atom is -0.368 e. The highest BCUT2D eigenvalue weighted by atomic mass is 19.4. The van der Waals surface area contributed by atoms with Crippen molar-refractivity contribution in [1.29, 1.82) is 0 Å². The van der Waals surface area contributed by atoms with E-state index in [4.69, 9.17) is 5.73 Å². The van der Waals surface area contributed by atoms with Gasteiger partial charge in [-0.3, -0.25) is 14.4 Å². The third-order valence-corrected chi connectivity index (χ3v) is 4.59. The molecule has 0 fully saturated rings. The summed E-state index contributed by atoms with van der Waals surface area (Å²) in [4.78, 5) is 35.5. The Labute approximate surface area is 174 Å². The molecule has 0 saturated heterocycles. The van der Waals surface area contributed by atoms with Gasteiger partial charge < -0.3 is 16.4 Å². The standard InChI is InChI=1S/C21H30F3N3O3/c1-2-3-4-5-6-7-18(28)27-17(20(25)30)14-19(29)26-13-12-15-8-10-16(11-9-15)21(22,23)24/h8-11,17H,2-7,12-14H2,1H3,(H2,25,30)(H,26,29)(H,27,28). The van der Waals surface area contributed by atoms with Crippen LogP contribution in [0.25, 0.3) is 0 Å². The van der Waals surface area contributed by atoms with E-state index in [9.17, 15) is 27.6 Å². The summed E-state index contributed by atoms with van der Waals surface area (Å²) in [5.74, 6) is -1.60. The molecular weight excluding hydrogens is 399 g/mol. The van der Waals surface area contributed by atoms with Crippen LogP contribution in [0.3, 0.4) is 0 Å². The molecule has 30 heavy (non-hydrogen) atoms. The molecule has 3 amide bonds. The highest BCUT2D eigenvalue weighted by Crippen LogP contribution is 2.29. The Balaban J connectivity index is 2.37. The van der Waals surface area contributed by atoms with Crippen molar-refractivity contribution < 1.29 is 27.6 Å². The van der Waals surface area contributed by atoms with Crippen molar-refractivity contribution in [2.75, 3.05) is 6.54 Å². The van der Waals surface area contributed by atoms with Crippen LogP contribution in [0, 0.1) is 0 Å². The number of amides is 3. The van der Waals surface area contributed by atoms with Crippen LogP contribution in [0.15, 0.2) is 24.3 Å². The van der Waals surface area contributed by atoms with Gasteiger partial charge in [-0.1, -0.05) is 44.7 Å². The van der Waals surface area contributed by atoms with Gasteiger partial charge in [0.25, 0.3) is 0 Å². The van der Waals surface area contributed by atoms with E-state index in [0.29, 0.717) is 18.4 Å². The van der Waals surface area contributed by atoms with E-state index in [1.807, 2.05) is 0 Å². The molecule has 1 atom stereocenters. The number of alkyl halides is 3. The molecule has 0 radical (unpaired) electrons. The predicted molar refractivity (Wildman–Crippen MR) is 107 cm³/mol. The first-order valence-electron chi connectivity index (χ1n) is 10.1. The van der Waals surface area contributed by atoms with Gasteiger partial charge in [-0.15, -0.1) is 0 Å². The molecule has 1 aromatic rings. The lowest BCUT2D eigenvalue weighted by Gasteiger charge is -2.15. The minimum atomic E-state index is -4.39. The number of benzene rings is 1. The first kappa shape index (κ1) is 25.5. The highest BCUT2D eigenvalue weighted by Gasteiger charge is 2.29. The molecule has 1 aromatic carbocycles. The zero-order valence-corrected chi connectivity index (χ0v) is 17.2. The van der Waals surface area contributed by atoms with E-state index in [-0.39, 0.29) is 25.3 Å². The summed E-state index contributed by atoms with van der Waals surface area (Å²) in [7, 11) is 0. The normalized spacial score (nSPS) is 12.3. The maximum atomic E-state index is 12.5. The van der Waals surface area contributed by atoms with Gasteiger partial charge in [0.05, 0.1) is 12.0 Å². The van der Waals surface area contributed by atoms with Crippen LogP contribution in [-0.2, 0) is 27.0 Å². The molecule has 0 aliphatic carbocycles. The zero-order chi connectivity index (χ0) is 22.6. The van der Waals surface area contributed by atoms with Gasteiger partial charge in [-0.25, -0.2) is 0 Å². The van der Waals surface area contributed by atoms with Crippen molar-refractivity contribution in [2.45, 2.75) is 70.5 Å². The maximum absolute atomic E-state index is 12.5. The van der Waals surface area contributed by atoms with Gasteiger partial charge in [-0.2, -0.15) is 13.2 Å². The zero-order valence-electron chi connectivity index (χ0n) is 17.2. The fraction of sp³-hybridized carbons (Fsp3) is 0.571. The molecule has 0 heterocycles. The van der Waals surface area contributed by atoms with E-state index in [1.54, 1.807) is 0 Å². The highest BCUT2D eigenvalue weighted by molar-refractivity contribution is 5.91. The first-order chi connectivity index (χ1) is 14.1. The fourth-order valence-corrected chi connectivity index (χ4v) is 2.84. The third kappa shape index (κ3) is 10.3. The summed E-state index contributed by atoms with van der Waals surface area (Å²) < 4.78 is 37.6. The van der Waals surface area contributed by atoms with Gasteiger partial charge in [0, 0.05) is 13.0 Å². The SMILES string of the molecule is CCCCCCCC(=O)NC(CC(=O)NCCc1ccc(C(F)(F)F)cc1)C(N)=O. The van der Waals surface area contributed by atoms with Gasteiger partial charge in [0.2, 0.25) is 17.7 Å². The molecule has 1 unspecified atom stereocenters. The number of primary amides is 1. The largest absolute Gasteiger partial charge is 0.416 e. The van der Waals surface area contributed by atoms with Crippen LogP contribution in [-0.4, -0.2) is 30.3 Å². The predicted octanol–water partition coefficient (Wildman–Crippen LogP) is 3.08. The lowest BCUT2D eigenvalue weighted by molar-refractivity contribution is -0.137. The Morgan fingerprint density at radius 1 is 1.00 bits per heavy atom. The number of nitrogens with one attached hydrogen (secondary N) is 2. The van der Waals surface area contributed by atoms with Crippen LogP contribution in [0.4, 0.5) is 13.2 Å². The lowest BCUT2D eigenvalue weighted by Crippen LogP contribution is -2.47. The first-order valence-corrected chi connectivity index (χ1v) is 10.1. The molecule has 9 heteroatoms. The van der Waals surface area contributed by atoms with Crippen molar-refractivity contribution in [3.05, 3.63) is 35.4 Å². The molecule has 4 N–H and O–H groups in total. The molecule has 168 valence electrons. The van der Waals surface area contributed by atoms with Gasteiger partial charge in [0.15, 0.2) is 0 Å². The minimum absolute atomic E-state index is 0.182. The molecule has 0 aliphatic rings. The molecule has 0 spiro atoms. The van der Waals surface area contributed by atoms with E-state index in [0.717, 1.165) is 37.8 Å². The smallest absolute Gasteiger partial charge is 0.368 e. The Hall–Kier alpha value is -2.58. The molecule has 0 bridgehead atoms.